The number of nitrogens with one attached hydrogen (secondary N) is 2. The van der Waals surface area contributed by atoms with E-state index in [9.17, 15) is 14.3 Å². The number of nitrogens with zero attached hydrogens (tertiary/aromatic N) is 3. The smallest absolute Gasteiger partial charge is 0.256 e. The highest BCUT2D eigenvalue weighted by Crippen LogP contribution is 2.34. The molecule has 3 N–H and O–H groups in total. The Labute approximate surface area is 210 Å². The topological polar surface area (TPSA) is 82.4 Å². The number of halogens is 3. The molecule has 1 aromatic heterocycles. The number of fused-ring (bicyclic) bond motifs is 1. The van der Waals surface area contributed by atoms with Crippen LogP contribution in [-0.2, 0) is 7.05 Å². The number of unbranched alkanes of at least 4 members (excludes halogenated alkanes) is 2. The summed E-state index contributed by atoms with van der Waals surface area (Å²) in [6.45, 7) is 3.59. The van der Waals surface area contributed by atoms with Crippen LogP contribution in [0.2, 0.25) is 0 Å². The minimum Gasteiger partial charge on any atom is -0.385 e. The van der Waals surface area contributed by atoms with Gasteiger partial charge in [0.25, 0.3) is 5.91 Å². The maximum atomic E-state index is 15.5. The molecule has 2 heterocycles. The van der Waals surface area contributed by atoms with Gasteiger partial charge in [-0.2, -0.15) is 0 Å². The number of amides is 1. The van der Waals surface area contributed by atoms with Crippen molar-refractivity contribution in [1.82, 2.24) is 19.8 Å². The molecule has 1 fully saturated rings. The summed E-state index contributed by atoms with van der Waals surface area (Å²) in [5, 5.41) is 16.7. The first kappa shape index (κ1) is 24.8. The van der Waals surface area contributed by atoms with E-state index in [2.05, 4.69) is 22.5 Å². The Morgan fingerprint density at radius 2 is 2.03 bits per heavy atom. The molecule has 0 saturated carbocycles. The molecule has 1 saturated heterocycles. The number of likely N-dealkylation sites (tertiary alicyclic amines) is 1. The third-order valence-corrected chi connectivity index (χ3v) is 6.72. The maximum Gasteiger partial charge on any atom is 0.256 e. The second-order valence-electron chi connectivity index (χ2n) is 8.85. The number of benzene rings is 2. The highest BCUT2D eigenvalue weighted by atomic mass is 127. The van der Waals surface area contributed by atoms with E-state index in [1.54, 1.807) is 23.7 Å². The summed E-state index contributed by atoms with van der Waals surface area (Å²) < 4.78 is 32.3. The number of hydrogen-bond acceptors (Lipinski definition) is 5. The SMILES string of the molecule is CCCCCNCC1(O)CN(C(=O)c2cc3c(ncn3C)c(F)c2Nc2ccc(I)cc2F)C1. The monoisotopic (exact) mass is 583 g/mol. The average molecular weight is 583 g/mol. The van der Waals surface area contributed by atoms with Crippen LogP contribution in [0.15, 0.2) is 30.6 Å². The molecule has 0 radical (unpaired) electrons. The van der Waals surface area contributed by atoms with Gasteiger partial charge in [0.2, 0.25) is 0 Å². The largest absolute Gasteiger partial charge is 0.385 e. The lowest BCUT2D eigenvalue weighted by Gasteiger charge is -2.46. The zero-order valence-electron chi connectivity index (χ0n) is 19.2. The molecular formula is C24H28F2IN5O2. The first-order chi connectivity index (χ1) is 16.2. The summed E-state index contributed by atoms with van der Waals surface area (Å²) in [6.07, 6.45) is 4.73. The zero-order chi connectivity index (χ0) is 24.5. The fourth-order valence-corrected chi connectivity index (χ4v) is 4.61. The Bertz CT molecular complexity index is 1210. The molecule has 0 unspecified atom stereocenters. The number of carbonyl (C=O) groups excluding carboxylic acids is 1. The van der Waals surface area contributed by atoms with Crippen molar-refractivity contribution in [2.75, 3.05) is 31.5 Å². The van der Waals surface area contributed by atoms with Crippen LogP contribution in [0.3, 0.4) is 0 Å². The number of imidazole rings is 1. The van der Waals surface area contributed by atoms with Crippen molar-refractivity contribution in [3.63, 3.8) is 0 Å². The summed E-state index contributed by atoms with van der Waals surface area (Å²) in [6, 6.07) is 6.07. The van der Waals surface area contributed by atoms with Gasteiger partial charge in [0.1, 0.15) is 16.9 Å². The van der Waals surface area contributed by atoms with E-state index in [0.29, 0.717) is 15.6 Å². The molecule has 1 aliphatic heterocycles. The van der Waals surface area contributed by atoms with E-state index in [-0.39, 0.29) is 35.5 Å². The summed E-state index contributed by atoms with van der Waals surface area (Å²) in [5.41, 5.74) is -0.506. The normalized spacial score (nSPS) is 14.9. The lowest BCUT2D eigenvalue weighted by molar-refractivity contribution is -0.0784. The third kappa shape index (κ3) is 5.03. The number of hydrogen-bond donors (Lipinski definition) is 3. The van der Waals surface area contributed by atoms with E-state index in [1.807, 2.05) is 22.6 Å². The third-order valence-electron chi connectivity index (χ3n) is 6.05. The predicted octanol–water partition coefficient (Wildman–Crippen LogP) is 4.17. The molecule has 3 aromatic rings. The van der Waals surface area contributed by atoms with E-state index >= 15 is 4.39 Å². The molecule has 0 spiro atoms. The van der Waals surface area contributed by atoms with Gasteiger partial charge in [0.15, 0.2) is 5.82 Å². The molecule has 0 aliphatic carbocycles. The van der Waals surface area contributed by atoms with Crippen LogP contribution in [0.25, 0.3) is 11.0 Å². The molecule has 0 atom stereocenters. The van der Waals surface area contributed by atoms with Gasteiger partial charge < -0.3 is 25.2 Å². The molecule has 10 heteroatoms. The second kappa shape index (κ2) is 10.1. The van der Waals surface area contributed by atoms with Crippen LogP contribution in [0.5, 0.6) is 0 Å². The van der Waals surface area contributed by atoms with Gasteiger partial charge in [-0.15, -0.1) is 0 Å². The van der Waals surface area contributed by atoms with Gasteiger partial charge in [-0.1, -0.05) is 19.8 Å². The van der Waals surface area contributed by atoms with Crippen LogP contribution < -0.4 is 10.6 Å². The molecule has 7 nitrogen and oxygen atoms in total. The van der Waals surface area contributed by atoms with Crippen molar-refractivity contribution in [1.29, 1.82) is 0 Å². The van der Waals surface area contributed by atoms with Crippen molar-refractivity contribution in [3.8, 4) is 0 Å². The first-order valence-corrected chi connectivity index (χ1v) is 12.4. The predicted molar refractivity (Wildman–Crippen MR) is 136 cm³/mol. The van der Waals surface area contributed by atoms with Crippen molar-refractivity contribution >= 4 is 50.9 Å². The summed E-state index contributed by atoms with van der Waals surface area (Å²) in [7, 11) is 1.71. The Morgan fingerprint density at radius 1 is 1.26 bits per heavy atom. The van der Waals surface area contributed by atoms with Crippen LogP contribution in [0.4, 0.5) is 20.2 Å². The summed E-state index contributed by atoms with van der Waals surface area (Å²) in [5.74, 6) is -1.72. The number of aryl methyl sites for hydroxylation is 1. The van der Waals surface area contributed by atoms with Crippen molar-refractivity contribution in [2.24, 2.45) is 7.05 Å². The maximum absolute atomic E-state index is 15.5. The fourth-order valence-electron chi connectivity index (χ4n) is 4.15. The van der Waals surface area contributed by atoms with Crippen LogP contribution >= 0.6 is 22.6 Å². The molecule has 1 amide bonds. The van der Waals surface area contributed by atoms with Gasteiger partial charge in [0, 0.05) is 17.2 Å². The van der Waals surface area contributed by atoms with Gasteiger partial charge >= 0.3 is 0 Å². The Morgan fingerprint density at radius 3 is 2.74 bits per heavy atom. The Hall–Kier alpha value is -2.31. The zero-order valence-corrected chi connectivity index (χ0v) is 21.3. The fraction of sp³-hybridized carbons (Fsp3) is 0.417. The standard InChI is InChI=1S/C24H28F2IN5O2/c1-3-4-5-8-28-11-24(34)12-32(13-24)23(33)16-10-19-22(29-14-31(19)2)20(26)21(16)30-18-7-6-15(27)9-17(18)25/h6-7,9-10,14,28,30,34H,3-5,8,11-13H2,1-2H3. The van der Waals surface area contributed by atoms with E-state index < -0.39 is 23.1 Å². The number of aliphatic hydroxyl groups is 1. The molecule has 1 aliphatic rings. The highest BCUT2D eigenvalue weighted by molar-refractivity contribution is 14.1. The molecule has 182 valence electrons. The first-order valence-electron chi connectivity index (χ1n) is 11.3. The number of carbonyl (C=O) groups is 1. The molecule has 34 heavy (non-hydrogen) atoms. The van der Waals surface area contributed by atoms with Crippen molar-refractivity contribution < 1.29 is 18.7 Å². The molecule has 2 aromatic carbocycles. The second-order valence-corrected chi connectivity index (χ2v) is 10.1. The van der Waals surface area contributed by atoms with Crippen LogP contribution in [0, 0.1) is 15.2 Å². The lowest BCUT2D eigenvalue weighted by atomic mass is 9.92. The van der Waals surface area contributed by atoms with Gasteiger partial charge in [-0.25, -0.2) is 13.8 Å². The van der Waals surface area contributed by atoms with Crippen molar-refractivity contribution in [2.45, 2.75) is 31.8 Å². The quantitative estimate of drug-likeness (QED) is 0.261. The summed E-state index contributed by atoms with van der Waals surface area (Å²) in [4.78, 5) is 18.9. The number of β-amino-alcohol motifs (C(OH)–C–C–N with tert-alkyl or cyclic N) is 1. The molecule has 4 rings (SSSR count). The molecule has 0 bridgehead atoms. The Kier molecular flexibility index (Phi) is 7.39. The van der Waals surface area contributed by atoms with E-state index in [0.717, 1.165) is 25.8 Å². The van der Waals surface area contributed by atoms with E-state index in [1.165, 1.54) is 23.4 Å². The number of anilines is 2. The van der Waals surface area contributed by atoms with Crippen LogP contribution in [-0.4, -0.2) is 57.2 Å². The van der Waals surface area contributed by atoms with Gasteiger partial charge in [-0.05, 0) is 59.8 Å². The molecular weight excluding hydrogens is 555 g/mol. The van der Waals surface area contributed by atoms with Gasteiger partial charge in [-0.3, -0.25) is 4.79 Å². The van der Waals surface area contributed by atoms with Crippen LogP contribution in [0.1, 0.15) is 36.5 Å². The lowest BCUT2D eigenvalue weighted by Crippen LogP contribution is -2.67. The van der Waals surface area contributed by atoms with Gasteiger partial charge in [0.05, 0.1) is 41.9 Å². The minimum atomic E-state index is -1.02. The Balaban J connectivity index is 1.58. The average Bonchev–Trinajstić information content (AvgIpc) is 3.15. The van der Waals surface area contributed by atoms with E-state index in [4.69, 9.17) is 0 Å². The number of rotatable bonds is 9. The number of aromatic nitrogens is 2. The minimum absolute atomic E-state index is 0.0556. The highest BCUT2D eigenvalue weighted by Gasteiger charge is 2.44. The summed E-state index contributed by atoms with van der Waals surface area (Å²) >= 11 is 1.99. The van der Waals surface area contributed by atoms with Crippen molar-refractivity contribution in [3.05, 3.63) is 51.4 Å².